The number of nitrogens with one attached hydrogen (secondary N) is 1. The third-order valence-corrected chi connectivity index (χ3v) is 2.42. The van der Waals surface area contributed by atoms with Gasteiger partial charge in [-0.2, -0.15) is 5.10 Å². The molecule has 1 aromatic carbocycles. The molecule has 0 saturated heterocycles. The summed E-state index contributed by atoms with van der Waals surface area (Å²) in [7, 11) is 1.54. The molecule has 2 rings (SSSR count). The molecule has 0 amide bonds. The summed E-state index contributed by atoms with van der Waals surface area (Å²) in [6, 6.07) is 8.38. The van der Waals surface area contributed by atoms with Crippen LogP contribution in [0.1, 0.15) is 0 Å². The van der Waals surface area contributed by atoms with E-state index in [9.17, 15) is 4.79 Å². The number of aromatic nitrogens is 2. The number of nitrogens with zero attached hydrogens (tertiary/aromatic N) is 1. The van der Waals surface area contributed by atoms with E-state index in [4.69, 9.17) is 16.3 Å². The molecule has 0 aliphatic rings. The zero-order valence-electron chi connectivity index (χ0n) is 8.53. The summed E-state index contributed by atoms with van der Waals surface area (Å²) in [5.41, 5.74) is 1.11. The van der Waals surface area contributed by atoms with Gasteiger partial charge in [-0.1, -0.05) is 17.7 Å². The van der Waals surface area contributed by atoms with Crippen LogP contribution in [-0.4, -0.2) is 17.3 Å². The maximum Gasteiger partial charge on any atom is 0.264 e. The highest BCUT2D eigenvalue weighted by Gasteiger charge is 2.10. The number of hydrogen-bond acceptors (Lipinski definition) is 3. The molecular weight excluding hydrogens is 228 g/mol. The molecule has 0 unspecified atom stereocenters. The minimum atomic E-state index is -0.246. The van der Waals surface area contributed by atoms with Crippen LogP contribution in [0.5, 0.6) is 5.75 Å². The standard InChI is InChI=1S/C11H9ClN2O2/c1-16-11-7(3-2-4-8(11)12)9-5-6-10(15)14-13-9/h2-6H,1H3,(H,14,15). The van der Waals surface area contributed by atoms with Gasteiger partial charge >= 0.3 is 0 Å². The molecule has 4 nitrogen and oxygen atoms in total. The summed E-state index contributed by atoms with van der Waals surface area (Å²) in [6.45, 7) is 0. The summed E-state index contributed by atoms with van der Waals surface area (Å²) in [4.78, 5) is 10.9. The van der Waals surface area contributed by atoms with E-state index < -0.39 is 0 Å². The average Bonchev–Trinajstić information content (AvgIpc) is 2.30. The lowest BCUT2D eigenvalue weighted by molar-refractivity contribution is 0.416. The zero-order valence-corrected chi connectivity index (χ0v) is 9.28. The Morgan fingerprint density at radius 1 is 1.31 bits per heavy atom. The van der Waals surface area contributed by atoms with Gasteiger partial charge in [0.05, 0.1) is 17.8 Å². The van der Waals surface area contributed by atoms with Gasteiger partial charge in [0.15, 0.2) is 0 Å². The van der Waals surface area contributed by atoms with Gasteiger partial charge in [-0.05, 0) is 18.2 Å². The van der Waals surface area contributed by atoms with E-state index in [1.54, 1.807) is 18.2 Å². The quantitative estimate of drug-likeness (QED) is 0.869. The number of methoxy groups -OCH3 is 1. The zero-order chi connectivity index (χ0) is 11.5. The average molecular weight is 237 g/mol. The maximum absolute atomic E-state index is 10.9. The number of aromatic amines is 1. The molecule has 0 spiro atoms. The Labute approximate surface area is 96.8 Å². The number of benzene rings is 1. The van der Waals surface area contributed by atoms with Crippen molar-refractivity contribution in [1.29, 1.82) is 0 Å². The van der Waals surface area contributed by atoms with Gasteiger partial charge in [-0.3, -0.25) is 4.79 Å². The smallest absolute Gasteiger partial charge is 0.264 e. The van der Waals surface area contributed by atoms with Crippen molar-refractivity contribution in [3.05, 3.63) is 45.7 Å². The third kappa shape index (κ3) is 1.92. The predicted octanol–water partition coefficient (Wildman–Crippen LogP) is 2.10. The van der Waals surface area contributed by atoms with E-state index in [-0.39, 0.29) is 5.56 Å². The van der Waals surface area contributed by atoms with Crippen LogP contribution in [0.15, 0.2) is 35.1 Å². The summed E-state index contributed by atoms with van der Waals surface area (Å²) in [6.07, 6.45) is 0. The van der Waals surface area contributed by atoms with Gasteiger partial charge < -0.3 is 4.74 Å². The van der Waals surface area contributed by atoms with Crippen molar-refractivity contribution in [2.45, 2.75) is 0 Å². The molecule has 0 aliphatic heterocycles. The topological polar surface area (TPSA) is 55.0 Å². The molecule has 0 bridgehead atoms. The van der Waals surface area contributed by atoms with Gasteiger partial charge in [0, 0.05) is 11.6 Å². The Kier molecular flexibility index (Phi) is 2.92. The molecule has 5 heteroatoms. The summed E-state index contributed by atoms with van der Waals surface area (Å²) >= 11 is 5.99. The van der Waals surface area contributed by atoms with Crippen LogP contribution < -0.4 is 10.3 Å². The first-order valence-electron chi connectivity index (χ1n) is 4.61. The van der Waals surface area contributed by atoms with Crippen molar-refractivity contribution in [3.8, 4) is 17.0 Å². The van der Waals surface area contributed by atoms with E-state index in [1.807, 2.05) is 6.07 Å². The second-order valence-electron chi connectivity index (χ2n) is 3.13. The van der Waals surface area contributed by atoms with Crippen LogP contribution in [0.25, 0.3) is 11.3 Å². The highest BCUT2D eigenvalue weighted by Crippen LogP contribution is 2.34. The molecule has 0 radical (unpaired) electrons. The highest BCUT2D eigenvalue weighted by molar-refractivity contribution is 6.32. The van der Waals surface area contributed by atoms with Crippen LogP contribution in [0.2, 0.25) is 5.02 Å². The number of hydrogen-bond donors (Lipinski definition) is 1. The molecule has 1 aromatic heterocycles. The molecule has 0 fully saturated rings. The van der Waals surface area contributed by atoms with Crippen molar-refractivity contribution >= 4 is 11.6 Å². The summed E-state index contributed by atoms with van der Waals surface area (Å²) < 4.78 is 5.20. The lowest BCUT2D eigenvalue weighted by Gasteiger charge is -2.08. The summed E-state index contributed by atoms with van der Waals surface area (Å²) in [5.74, 6) is 0.545. The van der Waals surface area contributed by atoms with E-state index in [1.165, 1.54) is 13.2 Å². The van der Waals surface area contributed by atoms with Crippen molar-refractivity contribution in [1.82, 2.24) is 10.2 Å². The Morgan fingerprint density at radius 3 is 2.75 bits per heavy atom. The van der Waals surface area contributed by atoms with Crippen LogP contribution in [0, 0.1) is 0 Å². The number of rotatable bonds is 2. The normalized spacial score (nSPS) is 10.1. The Morgan fingerprint density at radius 2 is 2.12 bits per heavy atom. The third-order valence-electron chi connectivity index (χ3n) is 2.13. The largest absolute Gasteiger partial charge is 0.494 e. The number of halogens is 1. The molecule has 16 heavy (non-hydrogen) atoms. The fourth-order valence-electron chi connectivity index (χ4n) is 1.41. The molecular formula is C11H9ClN2O2. The lowest BCUT2D eigenvalue weighted by Crippen LogP contribution is -2.05. The fraction of sp³-hybridized carbons (Fsp3) is 0.0909. The molecule has 1 heterocycles. The number of para-hydroxylation sites is 1. The SMILES string of the molecule is COc1c(Cl)cccc1-c1ccc(=O)[nH]n1. The molecule has 0 atom stereocenters. The van der Waals surface area contributed by atoms with E-state index >= 15 is 0 Å². The van der Waals surface area contributed by atoms with Gasteiger partial charge in [-0.25, -0.2) is 5.10 Å². The van der Waals surface area contributed by atoms with E-state index in [0.29, 0.717) is 16.5 Å². The molecule has 0 saturated carbocycles. The Balaban J connectivity index is 2.59. The van der Waals surface area contributed by atoms with Gasteiger partial charge in [0.1, 0.15) is 5.75 Å². The first-order chi connectivity index (χ1) is 7.72. The first kappa shape index (κ1) is 10.7. The van der Waals surface area contributed by atoms with E-state index in [0.717, 1.165) is 5.56 Å². The summed E-state index contributed by atoms with van der Waals surface area (Å²) in [5, 5.41) is 6.79. The maximum atomic E-state index is 10.9. The van der Waals surface area contributed by atoms with Crippen LogP contribution in [0.3, 0.4) is 0 Å². The number of ether oxygens (including phenoxy) is 1. The van der Waals surface area contributed by atoms with Gasteiger partial charge in [-0.15, -0.1) is 0 Å². The van der Waals surface area contributed by atoms with Crippen molar-refractivity contribution in [2.75, 3.05) is 7.11 Å². The molecule has 1 N–H and O–H groups in total. The van der Waals surface area contributed by atoms with Crippen molar-refractivity contribution in [3.63, 3.8) is 0 Å². The molecule has 82 valence electrons. The minimum absolute atomic E-state index is 0.246. The van der Waals surface area contributed by atoms with Gasteiger partial charge in [0.25, 0.3) is 5.56 Å². The van der Waals surface area contributed by atoms with Crippen LogP contribution in [0.4, 0.5) is 0 Å². The predicted molar refractivity (Wildman–Crippen MR) is 61.9 cm³/mol. The van der Waals surface area contributed by atoms with Crippen LogP contribution in [-0.2, 0) is 0 Å². The first-order valence-corrected chi connectivity index (χ1v) is 4.99. The highest BCUT2D eigenvalue weighted by atomic mass is 35.5. The van der Waals surface area contributed by atoms with E-state index in [2.05, 4.69) is 10.2 Å². The lowest BCUT2D eigenvalue weighted by atomic mass is 10.1. The fourth-order valence-corrected chi connectivity index (χ4v) is 1.66. The second kappa shape index (κ2) is 4.37. The van der Waals surface area contributed by atoms with Crippen molar-refractivity contribution < 1.29 is 4.74 Å². The minimum Gasteiger partial charge on any atom is -0.494 e. The van der Waals surface area contributed by atoms with Crippen LogP contribution >= 0.6 is 11.6 Å². The van der Waals surface area contributed by atoms with Gasteiger partial charge in [0.2, 0.25) is 0 Å². The monoisotopic (exact) mass is 236 g/mol. The van der Waals surface area contributed by atoms with Crippen molar-refractivity contribution in [2.24, 2.45) is 0 Å². The second-order valence-corrected chi connectivity index (χ2v) is 3.53. The number of H-pyrrole nitrogens is 1. The Hall–Kier alpha value is -1.81. The Bertz CT molecular complexity index is 546. The molecule has 2 aromatic rings. The molecule has 0 aliphatic carbocycles.